The van der Waals surface area contributed by atoms with E-state index >= 15 is 0 Å². The van der Waals surface area contributed by atoms with Gasteiger partial charge in [-0.3, -0.25) is 24.3 Å². The summed E-state index contributed by atoms with van der Waals surface area (Å²) in [4.78, 5) is 44.5. The van der Waals surface area contributed by atoms with E-state index < -0.39 is 23.8 Å². The maximum Gasteiger partial charge on any atom is 0.262 e. The molecule has 0 fully saturated rings. The second-order valence-corrected chi connectivity index (χ2v) is 7.42. The number of ether oxygens (including phenoxy) is 1. The molecule has 1 aliphatic rings. The summed E-state index contributed by atoms with van der Waals surface area (Å²) in [5.41, 5.74) is 1.68. The monoisotopic (exact) mass is 403 g/mol. The maximum atomic E-state index is 13.3. The number of hydrogen-bond donors (Lipinski definition) is 1. The maximum absolute atomic E-state index is 13.3. The van der Waals surface area contributed by atoms with Crippen LogP contribution in [0.5, 0.6) is 5.75 Å². The number of pyridine rings is 1. The van der Waals surface area contributed by atoms with Crippen molar-refractivity contribution in [3.63, 3.8) is 0 Å². The minimum atomic E-state index is -0.960. The SMILES string of the molecule is COc1ccc(NC(=O)C(C(C)C)N2C(=O)c3ccccc3C2=O)c2ncccc12. The Morgan fingerprint density at radius 1 is 1.00 bits per heavy atom. The van der Waals surface area contributed by atoms with Gasteiger partial charge in [0.15, 0.2) is 0 Å². The van der Waals surface area contributed by atoms with Crippen molar-refractivity contribution in [2.24, 2.45) is 5.92 Å². The molecule has 3 amide bonds. The van der Waals surface area contributed by atoms with E-state index in [1.54, 1.807) is 69.6 Å². The van der Waals surface area contributed by atoms with Crippen molar-refractivity contribution < 1.29 is 19.1 Å². The Kier molecular flexibility index (Phi) is 4.95. The Morgan fingerprint density at radius 2 is 1.67 bits per heavy atom. The van der Waals surface area contributed by atoms with Crippen LogP contribution in [0.15, 0.2) is 54.7 Å². The fourth-order valence-corrected chi connectivity index (χ4v) is 3.81. The Hall–Kier alpha value is -3.74. The van der Waals surface area contributed by atoms with E-state index in [9.17, 15) is 14.4 Å². The number of nitrogens with one attached hydrogen (secondary N) is 1. The fourth-order valence-electron chi connectivity index (χ4n) is 3.81. The Balaban J connectivity index is 1.69. The van der Waals surface area contributed by atoms with Gasteiger partial charge < -0.3 is 10.1 Å². The van der Waals surface area contributed by atoms with E-state index in [-0.39, 0.29) is 5.92 Å². The summed E-state index contributed by atoms with van der Waals surface area (Å²) in [5, 5.41) is 3.61. The van der Waals surface area contributed by atoms with Crippen LogP contribution in [0.25, 0.3) is 10.9 Å². The van der Waals surface area contributed by atoms with E-state index in [1.165, 1.54) is 0 Å². The summed E-state index contributed by atoms with van der Waals surface area (Å²) in [6.07, 6.45) is 1.63. The predicted octanol–water partition coefficient (Wildman–Crippen LogP) is 3.50. The average molecular weight is 403 g/mol. The van der Waals surface area contributed by atoms with Crippen LogP contribution in [-0.2, 0) is 4.79 Å². The minimum absolute atomic E-state index is 0.287. The molecular formula is C23H21N3O4. The second kappa shape index (κ2) is 7.59. The molecule has 0 spiro atoms. The fraction of sp³-hybridized carbons (Fsp3) is 0.217. The number of amides is 3. The first-order chi connectivity index (χ1) is 14.4. The van der Waals surface area contributed by atoms with Crippen molar-refractivity contribution in [1.82, 2.24) is 9.88 Å². The highest BCUT2D eigenvalue weighted by Crippen LogP contribution is 2.31. The summed E-state index contributed by atoms with van der Waals surface area (Å²) in [7, 11) is 1.57. The third-order valence-electron chi connectivity index (χ3n) is 5.21. The molecule has 7 nitrogen and oxygen atoms in total. The molecule has 0 saturated heterocycles. The third kappa shape index (κ3) is 3.08. The van der Waals surface area contributed by atoms with Crippen LogP contribution in [0.4, 0.5) is 5.69 Å². The van der Waals surface area contributed by atoms with Gasteiger partial charge >= 0.3 is 0 Å². The zero-order valence-electron chi connectivity index (χ0n) is 16.9. The summed E-state index contributed by atoms with van der Waals surface area (Å²) in [6.45, 7) is 3.61. The lowest BCUT2D eigenvalue weighted by Crippen LogP contribution is -2.50. The van der Waals surface area contributed by atoms with Crippen molar-refractivity contribution in [3.8, 4) is 5.75 Å². The molecule has 4 rings (SSSR count). The Morgan fingerprint density at radius 3 is 2.27 bits per heavy atom. The zero-order valence-corrected chi connectivity index (χ0v) is 16.9. The Bertz CT molecular complexity index is 1140. The molecule has 0 saturated carbocycles. The largest absolute Gasteiger partial charge is 0.496 e. The average Bonchev–Trinajstić information content (AvgIpc) is 2.99. The number of methoxy groups -OCH3 is 1. The first-order valence-electron chi connectivity index (χ1n) is 9.63. The number of aromatic nitrogens is 1. The van der Waals surface area contributed by atoms with Gasteiger partial charge in [0, 0.05) is 11.6 Å². The Labute approximate surface area is 173 Å². The number of carbonyl (C=O) groups is 3. The number of rotatable bonds is 5. The molecule has 0 bridgehead atoms. The first-order valence-corrected chi connectivity index (χ1v) is 9.63. The van der Waals surface area contributed by atoms with Crippen LogP contribution >= 0.6 is 0 Å². The van der Waals surface area contributed by atoms with Crippen LogP contribution in [-0.4, -0.2) is 40.8 Å². The van der Waals surface area contributed by atoms with E-state index in [2.05, 4.69) is 10.3 Å². The lowest BCUT2D eigenvalue weighted by atomic mass is 10.0. The van der Waals surface area contributed by atoms with Gasteiger partial charge in [-0.25, -0.2) is 0 Å². The van der Waals surface area contributed by atoms with Gasteiger partial charge in [0.2, 0.25) is 5.91 Å². The van der Waals surface area contributed by atoms with Crippen molar-refractivity contribution in [2.45, 2.75) is 19.9 Å². The first kappa shape index (κ1) is 19.6. The number of imide groups is 1. The van der Waals surface area contributed by atoms with Crippen molar-refractivity contribution >= 4 is 34.3 Å². The molecular weight excluding hydrogens is 382 g/mol. The van der Waals surface area contributed by atoms with E-state index in [1.807, 2.05) is 6.07 Å². The smallest absolute Gasteiger partial charge is 0.262 e. The van der Waals surface area contributed by atoms with Crippen LogP contribution in [0.3, 0.4) is 0 Å². The third-order valence-corrected chi connectivity index (χ3v) is 5.21. The molecule has 152 valence electrons. The number of hydrogen-bond acceptors (Lipinski definition) is 5. The molecule has 0 aliphatic carbocycles. The molecule has 1 aromatic heterocycles. The number of nitrogens with zero attached hydrogens (tertiary/aromatic N) is 2. The van der Waals surface area contributed by atoms with Gasteiger partial charge in [-0.1, -0.05) is 26.0 Å². The summed E-state index contributed by atoms with van der Waals surface area (Å²) >= 11 is 0. The van der Waals surface area contributed by atoms with E-state index in [0.717, 1.165) is 10.3 Å². The molecule has 30 heavy (non-hydrogen) atoms. The normalized spacial score (nSPS) is 14.2. The molecule has 2 aromatic carbocycles. The molecule has 1 N–H and O–H groups in total. The highest BCUT2D eigenvalue weighted by Gasteiger charge is 2.44. The van der Waals surface area contributed by atoms with E-state index in [4.69, 9.17) is 4.74 Å². The molecule has 1 aliphatic heterocycles. The van der Waals surface area contributed by atoms with Gasteiger partial charge in [-0.15, -0.1) is 0 Å². The number of benzene rings is 2. The lowest BCUT2D eigenvalue weighted by Gasteiger charge is -2.28. The van der Waals surface area contributed by atoms with Crippen LogP contribution in [0.1, 0.15) is 34.6 Å². The van der Waals surface area contributed by atoms with Gasteiger partial charge in [0.05, 0.1) is 29.4 Å². The second-order valence-electron chi connectivity index (χ2n) is 7.42. The molecule has 3 aromatic rings. The van der Waals surface area contributed by atoms with Crippen LogP contribution in [0, 0.1) is 5.92 Å². The highest BCUT2D eigenvalue weighted by atomic mass is 16.5. The molecule has 2 heterocycles. The lowest BCUT2D eigenvalue weighted by molar-refractivity contribution is -0.121. The van der Waals surface area contributed by atoms with E-state index in [0.29, 0.717) is 28.1 Å². The van der Waals surface area contributed by atoms with Crippen molar-refractivity contribution in [3.05, 3.63) is 65.9 Å². The predicted molar refractivity (Wildman–Crippen MR) is 112 cm³/mol. The molecule has 1 unspecified atom stereocenters. The van der Waals surface area contributed by atoms with Crippen molar-refractivity contribution in [2.75, 3.05) is 12.4 Å². The van der Waals surface area contributed by atoms with Crippen LogP contribution < -0.4 is 10.1 Å². The van der Waals surface area contributed by atoms with Gasteiger partial charge in [0.1, 0.15) is 11.8 Å². The number of anilines is 1. The quantitative estimate of drug-likeness (QED) is 0.659. The molecule has 0 radical (unpaired) electrons. The zero-order chi connectivity index (χ0) is 21.4. The van der Waals surface area contributed by atoms with Crippen molar-refractivity contribution in [1.29, 1.82) is 0 Å². The van der Waals surface area contributed by atoms with Gasteiger partial charge in [-0.2, -0.15) is 0 Å². The van der Waals surface area contributed by atoms with Crippen LogP contribution in [0.2, 0.25) is 0 Å². The summed E-state index contributed by atoms with van der Waals surface area (Å²) < 4.78 is 5.37. The minimum Gasteiger partial charge on any atom is -0.496 e. The standard InChI is InChI=1S/C23H21N3O4/c1-13(2)20(26-22(28)14-7-4-5-8-15(14)23(26)29)21(27)25-17-10-11-18(30-3)16-9-6-12-24-19(16)17/h4-13,20H,1-3H3,(H,25,27). The topological polar surface area (TPSA) is 88.6 Å². The molecule has 1 atom stereocenters. The highest BCUT2D eigenvalue weighted by molar-refractivity contribution is 6.23. The molecule has 7 heteroatoms. The summed E-state index contributed by atoms with van der Waals surface area (Å²) in [5.74, 6) is -1.01. The van der Waals surface area contributed by atoms with Gasteiger partial charge in [-0.05, 0) is 42.3 Å². The van der Waals surface area contributed by atoms with Gasteiger partial charge in [0.25, 0.3) is 11.8 Å². The summed E-state index contributed by atoms with van der Waals surface area (Å²) in [6, 6.07) is 12.7. The number of fused-ring (bicyclic) bond motifs is 2. The number of carbonyl (C=O) groups excluding carboxylic acids is 3.